The summed E-state index contributed by atoms with van der Waals surface area (Å²) in [4.78, 5) is 11.8. The van der Waals surface area contributed by atoms with E-state index in [4.69, 9.17) is 0 Å². The van der Waals surface area contributed by atoms with Crippen LogP contribution in [0.1, 0.15) is 10.4 Å². The van der Waals surface area contributed by atoms with Crippen LogP contribution in [0, 0.1) is 0 Å². The summed E-state index contributed by atoms with van der Waals surface area (Å²) in [7, 11) is 0. The van der Waals surface area contributed by atoms with Crippen molar-refractivity contribution in [1.82, 2.24) is 10.6 Å². The van der Waals surface area contributed by atoms with Crippen molar-refractivity contribution in [3.05, 3.63) is 42.1 Å². The Hall–Kier alpha value is -1.62. The number of benzene rings is 1. The molecule has 0 heterocycles. The first-order chi connectivity index (χ1) is 8.65. The summed E-state index contributed by atoms with van der Waals surface area (Å²) in [6.07, 6.45) is 2.03. The SMILES string of the molecule is C=C(CNC(=O)c1ccccc1O)NCCSC. The number of rotatable bonds is 7. The van der Waals surface area contributed by atoms with Gasteiger partial charge in [0, 0.05) is 18.0 Å². The fourth-order valence-electron chi connectivity index (χ4n) is 1.34. The molecule has 1 aromatic rings. The zero-order valence-electron chi connectivity index (χ0n) is 10.4. The van der Waals surface area contributed by atoms with Crippen molar-refractivity contribution in [2.75, 3.05) is 25.1 Å². The van der Waals surface area contributed by atoms with Crippen LogP contribution in [0.4, 0.5) is 0 Å². The molecule has 1 amide bonds. The van der Waals surface area contributed by atoms with E-state index >= 15 is 0 Å². The lowest BCUT2D eigenvalue weighted by Gasteiger charge is -2.10. The van der Waals surface area contributed by atoms with E-state index in [1.807, 2.05) is 6.26 Å². The zero-order valence-corrected chi connectivity index (χ0v) is 11.2. The molecule has 0 fully saturated rings. The molecule has 0 atom stereocenters. The average Bonchev–Trinajstić information content (AvgIpc) is 2.37. The van der Waals surface area contributed by atoms with Gasteiger partial charge in [-0.2, -0.15) is 11.8 Å². The second-order valence-corrected chi connectivity index (χ2v) is 4.71. The van der Waals surface area contributed by atoms with Gasteiger partial charge in [-0.1, -0.05) is 18.7 Å². The lowest BCUT2D eigenvalue weighted by Crippen LogP contribution is -2.30. The van der Waals surface area contributed by atoms with E-state index in [9.17, 15) is 9.90 Å². The van der Waals surface area contributed by atoms with Crippen LogP contribution in [-0.2, 0) is 0 Å². The van der Waals surface area contributed by atoms with Crippen LogP contribution in [0.3, 0.4) is 0 Å². The first-order valence-corrected chi connectivity index (χ1v) is 7.01. The van der Waals surface area contributed by atoms with Gasteiger partial charge in [0.2, 0.25) is 0 Å². The minimum atomic E-state index is -0.305. The highest BCUT2D eigenvalue weighted by atomic mass is 32.2. The summed E-state index contributed by atoms with van der Waals surface area (Å²) in [5.74, 6) is 0.670. The minimum absolute atomic E-state index is 0.0176. The van der Waals surface area contributed by atoms with E-state index < -0.39 is 0 Å². The average molecular weight is 266 g/mol. The molecule has 0 bridgehead atoms. The molecule has 18 heavy (non-hydrogen) atoms. The number of amides is 1. The van der Waals surface area contributed by atoms with Crippen LogP contribution in [0.15, 0.2) is 36.5 Å². The molecule has 0 aromatic heterocycles. The topological polar surface area (TPSA) is 61.4 Å². The first kappa shape index (κ1) is 14.4. The number of hydrogen-bond donors (Lipinski definition) is 3. The molecule has 0 aliphatic rings. The number of carbonyl (C=O) groups excluding carboxylic acids is 1. The van der Waals surface area contributed by atoms with Gasteiger partial charge in [-0.05, 0) is 18.4 Å². The molecule has 1 aromatic carbocycles. The van der Waals surface area contributed by atoms with Crippen molar-refractivity contribution in [3.8, 4) is 5.75 Å². The number of nitrogens with one attached hydrogen (secondary N) is 2. The maximum absolute atomic E-state index is 11.8. The van der Waals surface area contributed by atoms with Gasteiger partial charge in [-0.3, -0.25) is 4.79 Å². The van der Waals surface area contributed by atoms with Crippen molar-refractivity contribution in [3.63, 3.8) is 0 Å². The van der Waals surface area contributed by atoms with Crippen LogP contribution in [0.2, 0.25) is 0 Å². The van der Waals surface area contributed by atoms with E-state index in [1.165, 1.54) is 6.07 Å². The molecule has 0 spiro atoms. The molecule has 4 nitrogen and oxygen atoms in total. The Labute approximate surface area is 111 Å². The smallest absolute Gasteiger partial charge is 0.255 e. The molecular weight excluding hydrogens is 248 g/mol. The highest BCUT2D eigenvalue weighted by molar-refractivity contribution is 7.98. The largest absolute Gasteiger partial charge is 0.507 e. The van der Waals surface area contributed by atoms with Crippen molar-refractivity contribution in [2.45, 2.75) is 0 Å². The van der Waals surface area contributed by atoms with Crippen LogP contribution in [0.5, 0.6) is 5.75 Å². The van der Waals surface area contributed by atoms with Crippen molar-refractivity contribution < 1.29 is 9.90 Å². The Kier molecular flexibility index (Phi) is 6.14. The molecular formula is C13H18N2O2S. The Morgan fingerprint density at radius 2 is 2.11 bits per heavy atom. The van der Waals surface area contributed by atoms with Crippen LogP contribution in [-0.4, -0.2) is 36.1 Å². The number of phenols is 1. The third kappa shape index (κ3) is 4.71. The number of phenolic OH excluding ortho intramolecular Hbond substituents is 1. The van der Waals surface area contributed by atoms with Crippen LogP contribution < -0.4 is 10.6 Å². The predicted molar refractivity (Wildman–Crippen MR) is 76.0 cm³/mol. The summed E-state index contributed by atoms with van der Waals surface area (Å²) in [5, 5.41) is 15.3. The maximum atomic E-state index is 11.8. The van der Waals surface area contributed by atoms with E-state index in [-0.39, 0.29) is 17.2 Å². The minimum Gasteiger partial charge on any atom is -0.507 e. The van der Waals surface area contributed by atoms with Crippen LogP contribution in [0.25, 0.3) is 0 Å². The van der Waals surface area contributed by atoms with Crippen molar-refractivity contribution in [2.24, 2.45) is 0 Å². The molecule has 0 radical (unpaired) electrons. The molecule has 3 N–H and O–H groups in total. The lowest BCUT2D eigenvalue weighted by atomic mass is 10.2. The fraction of sp³-hybridized carbons (Fsp3) is 0.308. The van der Waals surface area contributed by atoms with Gasteiger partial charge in [0.25, 0.3) is 5.91 Å². The number of para-hydroxylation sites is 1. The number of aromatic hydroxyl groups is 1. The first-order valence-electron chi connectivity index (χ1n) is 5.62. The normalized spacial score (nSPS) is 9.83. The highest BCUT2D eigenvalue weighted by Gasteiger charge is 2.09. The molecule has 0 saturated heterocycles. The Balaban J connectivity index is 2.38. The van der Waals surface area contributed by atoms with Crippen molar-refractivity contribution >= 4 is 17.7 Å². The highest BCUT2D eigenvalue weighted by Crippen LogP contribution is 2.14. The third-order valence-electron chi connectivity index (χ3n) is 2.29. The van der Waals surface area contributed by atoms with E-state index in [0.717, 1.165) is 18.0 Å². The standard InChI is InChI=1S/C13H18N2O2S/c1-10(14-7-8-18-2)9-15-13(17)11-5-3-4-6-12(11)16/h3-6,14,16H,1,7-9H2,2H3,(H,15,17). The molecule has 1 rings (SSSR count). The lowest BCUT2D eigenvalue weighted by molar-refractivity contribution is 0.0954. The predicted octanol–water partition coefficient (Wildman–Crippen LogP) is 1.59. The summed E-state index contributed by atoms with van der Waals surface area (Å²) < 4.78 is 0. The molecule has 0 saturated carbocycles. The van der Waals surface area contributed by atoms with Crippen LogP contribution >= 0.6 is 11.8 Å². The quantitative estimate of drug-likeness (QED) is 0.656. The second-order valence-electron chi connectivity index (χ2n) is 3.72. The number of hydrogen-bond acceptors (Lipinski definition) is 4. The maximum Gasteiger partial charge on any atom is 0.255 e. The molecule has 0 aliphatic heterocycles. The number of carbonyl (C=O) groups is 1. The van der Waals surface area contributed by atoms with Gasteiger partial charge in [-0.25, -0.2) is 0 Å². The summed E-state index contributed by atoms with van der Waals surface area (Å²) in [5.41, 5.74) is 1.03. The summed E-state index contributed by atoms with van der Waals surface area (Å²) in [6.45, 7) is 4.99. The fourth-order valence-corrected chi connectivity index (χ4v) is 1.65. The van der Waals surface area contributed by atoms with E-state index in [0.29, 0.717) is 6.54 Å². The molecule has 0 unspecified atom stereocenters. The van der Waals surface area contributed by atoms with Crippen molar-refractivity contribution in [1.29, 1.82) is 0 Å². The van der Waals surface area contributed by atoms with Gasteiger partial charge in [0.1, 0.15) is 5.75 Å². The van der Waals surface area contributed by atoms with E-state index in [2.05, 4.69) is 17.2 Å². The summed E-state index contributed by atoms with van der Waals surface area (Å²) in [6, 6.07) is 6.45. The van der Waals surface area contributed by atoms with Gasteiger partial charge in [0.15, 0.2) is 0 Å². The number of thioether (sulfide) groups is 1. The zero-order chi connectivity index (χ0) is 13.4. The Bertz CT molecular complexity index is 421. The summed E-state index contributed by atoms with van der Waals surface area (Å²) >= 11 is 1.74. The van der Waals surface area contributed by atoms with Gasteiger partial charge >= 0.3 is 0 Å². The molecule has 0 aliphatic carbocycles. The van der Waals surface area contributed by atoms with Gasteiger partial charge in [0.05, 0.1) is 12.1 Å². The molecule has 98 valence electrons. The Morgan fingerprint density at radius 1 is 1.39 bits per heavy atom. The van der Waals surface area contributed by atoms with Gasteiger partial charge in [-0.15, -0.1) is 0 Å². The second kappa shape index (κ2) is 7.66. The van der Waals surface area contributed by atoms with Gasteiger partial charge < -0.3 is 15.7 Å². The molecule has 5 heteroatoms. The third-order valence-corrected chi connectivity index (χ3v) is 2.90. The monoisotopic (exact) mass is 266 g/mol. The van der Waals surface area contributed by atoms with E-state index in [1.54, 1.807) is 30.0 Å². The Morgan fingerprint density at radius 3 is 2.78 bits per heavy atom.